The van der Waals surface area contributed by atoms with Gasteiger partial charge in [0.15, 0.2) is 0 Å². The summed E-state index contributed by atoms with van der Waals surface area (Å²) in [5, 5.41) is 17.3. The highest BCUT2D eigenvalue weighted by Crippen LogP contribution is 2.38. The van der Waals surface area contributed by atoms with Crippen LogP contribution in [0, 0.1) is 11.8 Å². The predicted molar refractivity (Wildman–Crippen MR) is 93.9 cm³/mol. The SMILES string of the molecule is CNC1CC(C)C2CC(OC)C(OC[C@H](O)CN3CCC3)CC2N1. The first-order valence-corrected chi connectivity index (χ1v) is 9.58. The number of nitrogens with one attached hydrogen (secondary N) is 2. The van der Waals surface area contributed by atoms with Crippen LogP contribution in [0.5, 0.6) is 0 Å². The Hall–Kier alpha value is -0.240. The van der Waals surface area contributed by atoms with Crippen molar-refractivity contribution in [2.24, 2.45) is 11.8 Å². The van der Waals surface area contributed by atoms with E-state index in [1.807, 2.05) is 7.05 Å². The van der Waals surface area contributed by atoms with Gasteiger partial charge >= 0.3 is 0 Å². The number of fused-ring (bicyclic) bond motifs is 1. The molecule has 1 saturated carbocycles. The van der Waals surface area contributed by atoms with Gasteiger partial charge in [0.25, 0.3) is 0 Å². The number of ether oxygens (including phenoxy) is 2. The van der Waals surface area contributed by atoms with Crippen LogP contribution in [0.1, 0.15) is 32.6 Å². The highest BCUT2D eigenvalue weighted by Gasteiger charge is 2.43. The number of aliphatic hydroxyl groups is 1. The normalized spacial score (nSPS) is 41.5. The van der Waals surface area contributed by atoms with Crippen molar-refractivity contribution in [2.75, 3.05) is 40.4 Å². The van der Waals surface area contributed by atoms with Gasteiger partial charge in [0.2, 0.25) is 0 Å². The van der Waals surface area contributed by atoms with E-state index in [9.17, 15) is 5.11 Å². The lowest BCUT2D eigenvalue weighted by Gasteiger charge is -2.48. The van der Waals surface area contributed by atoms with Gasteiger partial charge in [-0.1, -0.05) is 6.92 Å². The average molecular weight is 341 g/mol. The highest BCUT2D eigenvalue weighted by atomic mass is 16.5. The van der Waals surface area contributed by atoms with Gasteiger partial charge in [0, 0.05) is 19.7 Å². The van der Waals surface area contributed by atoms with Crippen molar-refractivity contribution in [1.82, 2.24) is 15.5 Å². The Morgan fingerprint density at radius 3 is 2.67 bits per heavy atom. The fourth-order valence-corrected chi connectivity index (χ4v) is 4.63. The Bertz CT molecular complexity index is 394. The quantitative estimate of drug-likeness (QED) is 0.623. The number of piperidine rings is 1. The molecule has 0 radical (unpaired) electrons. The Morgan fingerprint density at radius 1 is 1.25 bits per heavy atom. The van der Waals surface area contributed by atoms with Crippen LogP contribution in [-0.4, -0.2) is 80.9 Å². The van der Waals surface area contributed by atoms with Gasteiger partial charge in [0.05, 0.1) is 31.1 Å². The maximum absolute atomic E-state index is 10.2. The topological polar surface area (TPSA) is 66.0 Å². The molecule has 6 unspecified atom stereocenters. The lowest BCUT2D eigenvalue weighted by Crippen LogP contribution is -2.60. The van der Waals surface area contributed by atoms with Crippen LogP contribution in [0.15, 0.2) is 0 Å². The van der Waals surface area contributed by atoms with E-state index in [-0.39, 0.29) is 12.2 Å². The van der Waals surface area contributed by atoms with Crippen molar-refractivity contribution in [3.63, 3.8) is 0 Å². The molecule has 0 aromatic carbocycles. The first-order valence-electron chi connectivity index (χ1n) is 9.58. The number of nitrogens with zero attached hydrogens (tertiary/aromatic N) is 1. The third kappa shape index (κ3) is 4.29. The van der Waals surface area contributed by atoms with Crippen LogP contribution in [0.25, 0.3) is 0 Å². The molecule has 0 bridgehead atoms. The van der Waals surface area contributed by atoms with Crippen LogP contribution >= 0.6 is 0 Å². The molecule has 0 aromatic heterocycles. The molecule has 7 atom stereocenters. The fourth-order valence-electron chi connectivity index (χ4n) is 4.63. The molecular formula is C18H35N3O3. The zero-order chi connectivity index (χ0) is 17.1. The average Bonchev–Trinajstić information content (AvgIpc) is 2.55. The third-order valence-electron chi connectivity index (χ3n) is 6.25. The van der Waals surface area contributed by atoms with Crippen LogP contribution in [0.4, 0.5) is 0 Å². The van der Waals surface area contributed by atoms with Gasteiger partial charge in [-0.3, -0.25) is 5.32 Å². The van der Waals surface area contributed by atoms with Crippen molar-refractivity contribution in [2.45, 2.75) is 63.1 Å². The molecule has 6 heteroatoms. The smallest absolute Gasteiger partial charge is 0.0900 e. The molecule has 24 heavy (non-hydrogen) atoms. The minimum absolute atomic E-state index is 0.0672. The van der Waals surface area contributed by atoms with Gasteiger partial charge in [-0.15, -0.1) is 0 Å². The summed E-state index contributed by atoms with van der Waals surface area (Å²) in [6, 6.07) is 0.468. The van der Waals surface area contributed by atoms with Crippen molar-refractivity contribution in [3.8, 4) is 0 Å². The molecule has 3 fully saturated rings. The molecule has 3 aliphatic rings. The zero-order valence-electron chi connectivity index (χ0n) is 15.4. The molecule has 0 amide bonds. The summed E-state index contributed by atoms with van der Waals surface area (Å²) in [6.07, 6.45) is 4.61. The van der Waals surface area contributed by atoms with Crippen LogP contribution in [0.2, 0.25) is 0 Å². The molecule has 1 aliphatic carbocycles. The standard InChI is InChI=1S/C18H35N3O3/c1-12-7-18(19-2)20-15-9-17(16(23-3)8-14(12)15)24-11-13(22)10-21-5-4-6-21/h12-20,22H,4-11H2,1-3H3/t12?,13-,14?,15?,16?,17?,18?/m1/s1. The molecule has 0 aromatic rings. The van der Waals surface area contributed by atoms with E-state index in [0.29, 0.717) is 30.7 Å². The highest BCUT2D eigenvalue weighted by molar-refractivity contribution is 4.97. The molecule has 3 rings (SSSR count). The van der Waals surface area contributed by atoms with E-state index in [4.69, 9.17) is 9.47 Å². The summed E-state index contributed by atoms with van der Waals surface area (Å²) in [4.78, 5) is 2.28. The van der Waals surface area contributed by atoms with Crippen molar-refractivity contribution in [3.05, 3.63) is 0 Å². The molecule has 2 heterocycles. The number of β-amino-alcohol motifs (C(OH)–C–C–N with tert-alkyl or cyclic N) is 1. The second kappa shape index (κ2) is 8.43. The van der Waals surface area contributed by atoms with Gasteiger partial charge in [-0.25, -0.2) is 0 Å². The molecular weight excluding hydrogens is 306 g/mol. The minimum Gasteiger partial charge on any atom is -0.389 e. The molecule has 0 spiro atoms. The van der Waals surface area contributed by atoms with E-state index in [0.717, 1.165) is 38.9 Å². The molecule has 6 nitrogen and oxygen atoms in total. The molecule has 140 valence electrons. The van der Waals surface area contributed by atoms with Gasteiger partial charge < -0.3 is 24.8 Å². The number of likely N-dealkylation sites (tertiary alicyclic amines) is 1. The Morgan fingerprint density at radius 2 is 2.04 bits per heavy atom. The van der Waals surface area contributed by atoms with Gasteiger partial charge in [0.1, 0.15) is 0 Å². The monoisotopic (exact) mass is 341 g/mol. The summed E-state index contributed by atoms with van der Waals surface area (Å²) in [6.45, 7) is 5.71. The van der Waals surface area contributed by atoms with Crippen molar-refractivity contribution in [1.29, 1.82) is 0 Å². The minimum atomic E-state index is -0.399. The predicted octanol–water partition coefficient (Wildman–Crippen LogP) is 0.407. The van der Waals surface area contributed by atoms with Gasteiger partial charge in [-0.05, 0) is 57.7 Å². The second-order valence-electron chi connectivity index (χ2n) is 7.92. The summed E-state index contributed by atoms with van der Waals surface area (Å²) in [5.41, 5.74) is 0. The maximum atomic E-state index is 10.2. The lowest BCUT2D eigenvalue weighted by molar-refractivity contribution is -0.125. The first-order chi connectivity index (χ1) is 11.6. The van der Waals surface area contributed by atoms with E-state index >= 15 is 0 Å². The van der Waals surface area contributed by atoms with Crippen LogP contribution in [-0.2, 0) is 9.47 Å². The summed E-state index contributed by atoms with van der Waals surface area (Å²) >= 11 is 0. The Balaban J connectivity index is 1.52. The second-order valence-corrected chi connectivity index (χ2v) is 7.92. The fraction of sp³-hybridized carbons (Fsp3) is 1.00. The number of aliphatic hydroxyl groups excluding tert-OH is 1. The van der Waals surface area contributed by atoms with Crippen LogP contribution in [0.3, 0.4) is 0 Å². The summed E-state index contributed by atoms with van der Waals surface area (Å²) in [5.74, 6) is 1.33. The van der Waals surface area contributed by atoms with E-state index in [2.05, 4.69) is 22.5 Å². The molecule has 2 saturated heterocycles. The number of rotatable bonds is 7. The molecule has 3 N–H and O–H groups in total. The summed E-state index contributed by atoms with van der Waals surface area (Å²) in [7, 11) is 3.81. The van der Waals surface area contributed by atoms with Crippen molar-refractivity contribution >= 4 is 0 Å². The van der Waals surface area contributed by atoms with Gasteiger partial charge in [-0.2, -0.15) is 0 Å². The number of hydrogen-bond donors (Lipinski definition) is 3. The molecule has 2 aliphatic heterocycles. The Labute approximate surface area is 146 Å². The third-order valence-corrected chi connectivity index (χ3v) is 6.25. The largest absolute Gasteiger partial charge is 0.389 e. The number of methoxy groups -OCH3 is 1. The van der Waals surface area contributed by atoms with E-state index in [1.165, 1.54) is 6.42 Å². The maximum Gasteiger partial charge on any atom is 0.0900 e. The summed E-state index contributed by atoms with van der Waals surface area (Å²) < 4.78 is 11.8. The lowest BCUT2D eigenvalue weighted by atomic mass is 9.71. The number of hydrogen-bond acceptors (Lipinski definition) is 6. The van der Waals surface area contributed by atoms with E-state index < -0.39 is 6.10 Å². The zero-order valence-corrected chi connectivity index (χ0v) is 15.4. The first kappa shape index (κ1) is 18.5. The van der Waals surface area contributed by atoms with E-state index in [1.54, 1.807) is 7.11 Å². The van der Waals surface area contributed by atoms with Crippen molar-refractivity contribution < 1.29 is 14.6 Å². The van der Waals surface area contributed by atoms with Crippen LogP contribution < -0.4 is 10.6 Å². The Kier molecular flexibility index (Phi) is 6.51.